The van der Waals surface area contributed by atoms with Gasteiger partial charge in [-0.25, -0.2) is 0 Å². The molecule has 6 heteroatoms. The summed E-state index contributed by atoms with van der Waals surface area (Å²) in [6, 6.07) is 17.8. The van der Waals surface area contributed by atoms with Gasteiger partial charge in [-0.2, -0.15) is 4.57 Å². The van der Waals surface area contributed by atoms with Crippen molar-refractivity contribution in [2.45, 2.75) is 0 Å². The minimum absolute atomic E-state index is 0.0490. The third kappa shape index (κ3) is 2.93. The number of rotatable bonds is 6. The zero-order chi connectivity index (χ0) is 20.7. The molecule has 0 radical (unpaired) electrons. The molecule has 30 heavy (non-hydrogen) atoms. The van der Waals surface area contributed by atoms with Gasteiger partial charge in [-0.15, -0.1) is 0 Å². The fourth-order valence-electron chi connectivity index (χ4n) is 4.13. The van der Waals surface area contributed by atoms with Crippen LogP contribution in [-0.2, 0) is 7.05 Å². The van der Waals surface area contributed by atoms with Crippen LogP contribution in [0.15, 0.2) is 54.6 Å². The highest BCUT2D eigenvalue weighted by molar-refractivity contribution is 6.13. The summed E-state index contributed by atoms with van der Waals surface area (Å²) in [5, 5.41) is 21.4. The van der Waals surface area contributed by atoms with E-state index in [0.717, 1.165) is 32.9 Å². The summed E-state index contributed by atoms with van der Waals surface area (Å²) >= 11 is 0. The van der Waals surface area contributed by atoms with E-state index in [1.54, 1.807) is 0 Å². The van der Waals surface area contributed by atoms with E-state index >= 15 is 0 Å². The summed E-state index contributed by atoms with van der Waals surface area (Å²) in [5.41, 5.74) is 3.13. The molecule has 2 N–H and O–H groups in total. The van der Waals surface area contributed by atoms with Gasteiger partial charge in [0.25, 0.3) is 0 Å². The Hall–Kier alpha value is -3.35. The minimum atomic E-state index is -0.0572. The number of aromatic nitrogens is 1. The molecule has 0 amide bonds. The molecule has 2 heterocycles. The van der Waals surface area contributed by atoms with Crippen LogP contribution in [0.2, 0.25) is 0 Å². The molecule has 0 fully saturated rings. The molecule has 0 unspecified atom stereocenters. The first-order valence-electron chi connectivity index (χ1n) is 9.89. The number of pyridine rings is 1. The second kappa shape index (κ2) is 7.48. The standard InChI is InChI=1S/C24H22NO5/c1-25-20-5-3-2-4-17(20)19-12-16(29-11-9-27)14-22-23(19)24(25)18-7-6-15(28-10-8-26)13-21(18)30-22/h2-7,12-14,26-27H,8-11H2,1H3/q+1. The molecule has 0 bridgehead atoms. The maximum Gasteiger partial charge on any atom is 0.228 e. The van der Waals surface area contributed by atoms with E-state index in [2.05, 4.69) is 23.7 Å². The monoisotopic (exact) mass is 404 g/mol. The number of aliphatic hydroxyl groups excluding tert-OH is 2. The molecular weight excluding hydrogens is 382 g/mol. The number of hydrogen-bond donors (Lipinski definition) is 2. The molecule has 152 valence electrons. The number of hydrogen-bond acceptors (Lipinski definition) is 5. The van der Waals surface area contributed by atoms with Crippen LogP contribution in [0, 0.1) is 0 Å². The van der Waals surface area contributed by atoms with Crippen molar-refractivity contribution in [3.63, 3.8) is 0 Å². The molecule has 1 aliphatic heterocycles. The largest absolute Gasteiger partial charge is 0.491 e. The zero-order valence-corrected chi connectivity index (χ0v) is 16.6. The van der Waals surface area contributed by atoms with E-state index < -0.39 is 0 Å². The van der Waals surface area contributed by atoms with E-state index in [-0.39, 0.29) is 26.4 Å². The first-order chi connectivity index (χ1) is 14.7. The predicted octanol–water partition coefficient (Wildman–Crippen LogP) is 3.33. The van der Waals surface area contributed by atoms with Gasteiger partial charge in [-0.1, -0.05) is 12.1 Å². The lowest BCUT2D eigenvalue weighted by Gasteiger charge is -2.22. The number of aryl methyl sites for hydroxylation is 1. The Morgan fingerprint density at radius 1 is 0.833 bits per heavy atom. The van der Waals surface area contributed by atoms with Crippen LogP contribution in [0.5, 0.6) is 23.0 Å². The van der Waals surface area contributed by atoms with Crippen LogP contribution in [0.4, 0.5) is 0 Å². The maximum absolute atomic E-state index is 9.17. The molecule has 4 aromatic rings. The van der Waals surface area contributed by atoms with Crippen molar-refractivity contribution in [3.05, 3.63) is 54.6 Å². The second-order valence-corrected chi connectivity index (χ2v) is 7.17. The average Bonchev–Trinajstić information content (AvgIpc) is 2.78. The van der Waals surface area contributed by atoms with Crippen molar-refractivity contribution >= 4 is 21.7 Å². The number of nitrogens with zero attached hydrogens (tertiary/aromatic N) is 1. The molecule has 1 aliphatic rings. The molecule has 0 saturated carbocycles. The molecule has 5 rings (SSSR count). The highest BCUT2D eigenvalue weighted by Gasteiger charge is 2.31. The lowest BCUT2D eigenvalue weighted by atomic mass is 9.95. The van der Waals surface area contributed by atoms with Gasteiger partial charge in [0.2, 0.25) is 11.2 Å². The van der Waals surface area contributed by atoms with E-state index in [1.807, 2.05) is 42.5 Å². The minimum Gasteiger partial charge on any atom is -0.491 e. The van der Waals surface area contributed by atoms with Gasteiger partial charge in [0.15, 0.2) is 0 Å². The third-order valence-corrected chi connectivity index (χ3v) is 5.35. The number of para-hydroxylation sites is 1. The molecule has 3 aromatic carbocycles. The number of benzene rings is 3. The van der Waals surface area contributed by atoms with Crippen molar-refractivity contribution in [2.24, 2.45) is 7.05 Å². The molecular formula is C24H22NO5+. The normalized spacial score (nSPS) is 12.0. The number of aliphatic hydroxyl groups is 2. The van der Waals surface area contributed by atoms with Gasteiger partial charge >= 0.3 is 0 Å². The Labute approximate surface area is 173 Å². The van der Waals surface area contributed by atoms with Gasteiger partial charge < -0.3 is 24.4 Å². The van der Waals surface area contributed by atoms with Crippen LogP contribution in [-0.4, -0.2) is 36.6 Å². The Bertz CT molecular complexity index is 1270. The number of fused-ring (bicyclic) bond motifs is 4. The van der Waals surface area contributed by atoms with E-state index in [4.69, 9.17) is 19.3 Å². The van der Waals surface area contributed by atoms with Crippen molar-refractivity contribution in [1.82, 2.24) is 0 Å². The lowest BCUT2D eigenvalue weighted by molar-refractivity contribution is -0.632. The molecule has 0 aliphatic carbocycles. The Kier molecular flexibility index (Phi) is 4.65. The summed E-state index contributed by atoms with van der Waals surface area (Å²) in [7, 11) is 2.06. The van der Waals surface area contributed by atoms with Crippen LogP contribution in [0.3, 0.4) is 0 Å². The Morgan fingerprint density at radius 2 is 1.57 bits per heavy atom. The Morgan fingerprint density at radius 3 is 2.37 bits per heavy atom. The quantitative estimate of drug-likeness (QED) is 0.336. The fourth-order valence-corrected chi connectivity index (χ4v) is 4.13. The Balaban J connectivity index is 1.80. The topological polar surface area (TPSA) is 72.0 Å². The van der Waals surface area contributed by atoms with Crippen LogP contribution >= 0.6 is 0 Å². The molecule has 1 aromatic heterocycles. The van der Waals surface area contributed by atoms with Gasteiger partial charge in [-0.3, -0.25) is 0 Å². The van der Waals surface area contributed by atoms with Gasteiger partial charge in [0.05, 0.1) is 29.5 Å². The second-order valence-electron chi connectivity index (χ2n) is 7.17. The van der Waals surface area contributed by atoms with Crippen molar-refractivity contribution in [2.75, 3.05) is 26.4 Å². The SMILES string of the molecule is C[n+]1c2c3c(cc(OCCO)cc3c3ccccc31)Oc1cc(OCCO)ccc1-2. The third-order valence-electron chi connectivity index (χ3n) is 5.35. The average molecular weight is 404 g/mol. The summed E-state index contributed by atoms with van der Waals surface area (Å²) in [5.74, 6) is 2.67. The molecule has 0 atom stereocenters. The van der Waals surface area contributed by atoms with E-state index in [1.165, 1.54) is 0 Å². The first kappa shape index (κ1) is 18.7. The smallest absolute Gasteiger partial charge is 0.228 e. The maximum atomic E-state index is 9.17. The van der Waals surface area contributed by atoms with Gasteiger partial charge in [0, 0.05) is 23.6 Å². The summed E-state index contributed by atoms with van der Waals surface area (Å²) in [6.45, 7) is 0.333. The van der Waals surface area contributed by atoms with Gasteiger partial charge in [0.1, 0.15) is 43.3 Å². The molecule has 0 spiro atoms. The lowest BCUT2D eigenvalue weighted by Crippen LogP contribution is -2.33. The van der Waals surface area contributed by atoms with Crippen molar-refractivity contribution < 1.29 is 29.0 Å². The predicted molar refractivity (Wildman–Crippen MR) is 113 cm³/mol. The van der Waals surface area contributed by atoms with Gasteiger partial charge in [-0.05, 0) is 24.3 Å². The highest BCUT2D eigenvalue weighted by Crippen LogP contribution is 2.48. The van der Waals surface area contributed by atoms with Crippen molar-refractivity contribution in [1.29, 1.82) is 0 Å². The van der Waals surface area contributed by atoms with Crippen LogP contribution < -0.4 is 18.8 Å². The summed E-state index contributed by atoms with van der Waals surface area (Å²) < 4.78 is 19.8. The zero-order valence-electron chi connectivity index (χ0n) is 16.6. The van der Waals surface area contributed by atoms with E-state index in [0.29, 0.717) is 23.0 Å². The van der Waals surface area contributed by atoms with Crippen LogP contribution in [0.1, 0.15) is 0 Å². The highest BCUT2D eigenvalue weighted by atomic mass is 16.5. The van der Waals surface area contributed by atoms with E-state index in [9.17, 15) is 5.11 Å². The van der Waals surface area contributed by atoms with Crippen molar-refractivity contribution in [3.8, 4) is 34.3 Å². The fraction of sp³-hybridized carbons (Fsp3) is 0.208. The summed E-state index contributed by atoms with van der Waals surface area (Å²) in [6.07, 6.45) is 0. The molecule has 6 nitrogen and oxygen atoms in total. The summed E-state index contributed by atoms with van der Waals surface area (Å²) in [4.78, 5) is 0. The first-order valence-corrected chi connectivity index (χ1v) is 9.89. The molecule has 0 saturated heterocycles. The number of ether oxygens (including phenoxy) is 3. The van der Waals surface area contributed by atoms with Crippen LogP contribution in [0.25, 0.3) is 32.9 Å².